The SMILES string of the molecule is CC(N)C(c1cc(Br)ccc1F)N(C)C. The van der Waals surface area contributed by atoms with Crippen LogP contribution >= 0.6 is 15.9 Å². The van der Waals surface area contributed by atoms with Gasteiger partial charge in [0.1, 0.15) is 5.82 Å². The molecule has 0 saturated heterocycles. The first-order valence-electron chi connectivity index (χ1n) is 4.80. The zero-order valence-corrected chi connectivity index (χ0v) is 10.8. The molecular formula is C11H16BrFN2. The number of benzene rings is 1. The van der Waals surface area contributed by atoms with Crippen molar-refractivity contribution in [3.8, 4) is 0 Å². The Balaban J connectivity index is 3.16. The van der Waals surface area contributed by atoms with Crippen LogP contribution in [-0.2, 0) is 0 Å². The Morgan fingerprint density at radius 2 is 2.00 bits per heavy atom. The summed E-state index contributed by atoms with van der Waals surface area (Å²) in [6.07, 6.45) is 0. The van der Waals surface area contributed by atoms with Crippen LogP contribution < -0.4 is 5.73 Å². The normalized spacial score (nSPS) is 15.4. The number of nitrogens with zero attached hydrogens (tertiary/aromatic N) is 1. The fourth-order valence-electron chi connectivity index (χ4n) is 1.77. The second-order valence-electron chi connectivity index (χ2n) is 3.93. The van der Waals surface area contributed by atoms with Gasteiger partial charge in [0.25, 0.3) is 0 Å². The van der Waals surface area contributed by atoms with Crippen LogP contribution in [0.25, 0.3) is 0 Å². The summed E-state index contributed by atoms with van der Waals surface area (Å²) in [5, 5.41) is 0. The van der Waals surface area contributed by atoms with Crippen LogP contribution in [0.3, 0.4) is 0 Å². The van der Waals surface area contributed by atoms with Crippen molar-refractivity contribution in [1.82, 2.24) is 4.90 Å². The van der Waals surface area contributed by atoms with Crippen LogP contribution in [0, 0.1) is 5.82 Å². The molecule has 0 aliphatic carbocycles. The minimum atomic E-state index is -0.214. The molecule has 2 atom stereocenters. The van der Waals surface area contributed by atoms with E-state index in [1.807, 2.05) is 25.9 Å². The minimum absolute atomic E-state index is 0.109. The third kappa shape index (κ3) is 3.00. The van der Waals surface area contributed by atoms with Crippen molar-refractivity contribution in [2.45, 2.75) is 19.0 Å². The Kier molecular flexibility index (Phi) is 4.25. The Labute approximate surface area is 98.4 Å². The molecule has 0 bridgehead atoms. The van der Waals surface area contributed by atoms with Crippen molar-refractivity contribution < 1.29 is 4.39 Å². The van der Waals surface area contributed by atoms with Gasteiger partial charge >= 0.3 is 0 Å². The second kappa shape index (κ2) is 5.05. The van der Waals surface area contributed by atoms with Crippen molar-refractivity contribution >= 4 is 15.9 Å². The molecule has 0 heterocycles. The lowest BCUT2D eigenvalue weighted by Gasteiger charge is -2.28. The maximum Gasteiger partial charge on any atom is 0.128 e. The van der Waals surface area contributed by atoms with Crippen LogP contribution in [0.1, 0.15) is 18.5 Å². The van der Waals surface area contributed by atoms with Gasteiger partial charge in [-0.1, -0.05) is 15.9 Å². The predicted octanol–water partition coefficient (Wildman–Crippen LogP) is 2.54. The van der Waals surface area contributed by atoms with E-state index < -0.39 is 0 Å². The molecule has 0 fully saturated rings. The lowest BCUT2D eigenvalue weighted by Crippen LogP contribution is -2.35. The van der Waals surface area contributed by atoms with Crippen LogP contribution in [0.15, 0.2) is 22.7 Å². The van der Waals surface area contributed by atoms with E-state index in [0.717, 1.165) is 4.47 Å². The van der Waals surface area contributed by atoms with Gasteiger partial charge in [-0.05, 0) is 39.2 Å². The van der Waals surface area contributed by atoms with E-state index in [0.29, 0.717) is 5.56 Å². The van der Waals surface area contributed by atoms with E-state index in [9.17, 15) is 4.39 Å². The maximum atomic E-state index is 13.6. The number of hydrogen-bond donors (Lipinski definition) is 1. The highest BCUT2D eigenvalue weighted by atomic mass is 79.9. The number of hydrogen-bond acceptors (Lipinski definition) is 2. The highest BCUT2D eigenvalue weighted by molar-refractivity contribution is 9.10. The topological polar surface area (TPSA) is 29.3 Å². The summed E-state index contributed by atoms with van der Waals surface area (Å²) in [6.45, 7) is 1.88. The van der Waals surface area contributed by atoms with E-state index in [1.54, 1.807) is 12.1 Å². The van der Waals surface area contributed by atoms with Gasteiger partial charge in [0.2, 0.25) is 0 Å². The number of halogens is 2. The highest BCUT2D eigenvalue weighted by Crippen LogP contribution is 2.26. The minimum Gasteiger partial charge on any atom is -0.326 e. The third-order valence-corrected chi connectivity index (χ3v) is 2.82. The standard InChI is InChI=1S/C11H16BrFN2/c1-7(14)11(15(2)3)9-6-8(12)4-5-10(9)13/h4-7,11H,14H2,1-3H3. The molecule has 0 aliphatic rings. The van der Waals surface area contributed by atoms with E-state index >= 15 is 0 Å². The van der Waals surface area contributed by atoms with Gasteiger partial charge in [-0.15, -0.1) is 0 Å². The molecule has 0 aliphatic heterocycles. The fourth-order valence-corrected chi connectivity index (χ4v) is 2.15. The zero-order valence-electron chi connectivity index (χ0n) is 9.17. The summed E-state index contributed by atoms with van der Waals surface area (Å²) >= 11 is 3.34. The summed E-state index contributed by atoms with van der Waals surface area (Å²) in [7, 11) is 3.79. The van der Waals surface area contributed by atoms with Gasteiger partial charge < -0.3 is 10.6 Å². The average molecular weight is 275 g/mol. The smallest absolute Gasteiger partial charge is 0.128 e. The molecule has 0 amide bonds. The van der Waals surface area contributed by atoms with Crippen molar-refractivity contribution in [2.75, 3.05) is 14.1 Å². The van der Waals surface area contributed by atoms with Crippen LogP contribution in [0.4, 0.5) is 4.39 Å². The van der Waals surface area contributed by atoms with E-state index in [4.69, 9.17) is 5.73 Å². The molecule has 1 aromatic carbocycles. The predicted molar refractivity (Wildman–Crippen MR) is 64.2 cm³/mol. The first kappa shape index (κ1) is 12.6. The van der Waals surface area contributed by atoms with Crippen LogP contribution in [0.5, 0.6) is 0 Å². The van der Waals surface area contributed by atoms with E-state index in [-0.39, 0.29) is 17.9 Å². The molecule has 0 saturated carbocycles. The molecule has 2 unspecified atom stereocenters. The van der Waals surface area contributed by atoms with Crippen molar-refractivity contribution in [2.24, 2.45) is 5.73 Å². The number of likely N-dealkylation sites (N-methyl/N-ethyl adjacent to an activating group) is 1. The molecule has 2 N–H and O–H groups in total. The lowest BCUT2D eigenvalue weighted by molar-refractivity contribution is 0.259. The molecule has 15 heavy (non-hydrogen) atoms. The Bertz CT molecular complexity index is 331. The van der Waals surface area contributed by atoms with Crippen LogP contribution in [-0.4, -0.2) is 25.0 Å². The number of rotatable bonds is 3. The first-order valence-corrected chi connectivity index (χ1v) is 5.59. The van der Waals surface area contributed by atoms with Gasteiger partial charge in [0.05, 0.1) is 6.04 Å². The molecule has 1 rings (SSSR count). The lowest BCUT2D eigenvalue weighted by atomic mass is 9.99. The zero-order chi connectivity index (χ0) is 11.6. The summed E-state index contributed by atoms with van der Waals surface area (Å²) in [4.78, 5) is 1.93. The van der Waals surface area contributed by atoms with Gasteiger partial charge in [-0.25, -0.2) is 4.39 Å². The Morgan fingerprint density at radius 1 is 1.40 bits per heavy atom. The molecule has 0 spiro atoms. The Morgan fingerprint density at radius 3 is 2.47 bits per heavy atom. The van der Waals surface area contributed by atoms with Crippen molar-refractivity contribution in [3.05, 3.63) is 34.1 Å². The van der Waals surface area contributed by atoms with Gasteiger partial charge in [-0.2, -0.15) is 0 Å². The quantitative estimate of drug-likeness (QED) is 0.918. The van der Waals surface area contributed by atoms with E-state index in [1.165, 1.54) is 6.07 Å². The van der Waals surface area contributed by atoms with E-state index in [2.05, 4.69) is 15.9 Å². The molecule has 4 heteroatoms. The van der Waals surface area contributed by atoms with Gasteiger partial charge in [-0.3, -0.25) is 0 Å². The largest absolute Gasteiger partial charge is 0.326 e. The van der Waals surface area contributed by atoms with Gasteiger partial charge in [0.15, 0.2) is 0 Å². The number of nitrogens with two attached hydrogens (primary N) is 1. The highest BCUT2D eigenvalue weighted by Gasteiger charge is 2.21. The molecule has 0 radical (unpaired) electrons. The third-order valence-electron chi connectivity index (χ3n) is 2.33. The fraction of sp³-hybridized carbons (Fsp3) is 0.455. The van der Waals surface area contributed by atoms with Crippen molar-refractivity contribution in [3.63, 3.8) is 0 Å². The summed E-state index contributed by atoms with van der Waals surface area (Å²) in [6, 6.07) is 4.69. The first-order chi connectivity index (χ1) is 6.93. The summed E-state index contributed by atoms with van der Waals surface area (Å²) in [5.41, 5.74) is 6.49. The average Bonchev–Trinajstić information content (AvgIpc) is 2.10. The molecule has 0 aromatic heterocycles. The molecule has 1 aromatic rings. The maximum absolute atomic E-state index is 13.6. The summed E-state index contributed by atoms with van der Waals surface area (Å²) < 4.78 is 14.5. The van der Waals surface area contributed by atoms with Crippen LogP contribution in [0.2, 0.25) is 0 Å². The molecule has 84 valence electrons. The molecule has 2 nitrogen and oxygen atoms in total. The Hall–Kier alpha value is -0.450. The van der Waals surface area contributed by atoms with Gasteiger partial charge in [0, 0.05) is 16.1 Å². The second-order valence-corrected chi connectivity index (χ2v) is 4.85. The monoisotopic (exact) mass is 274 g/mol. The van der Waals surface area contributed by atoms with Crippen molar-refractivity contribution in [1.29, 1.82) is 0 Å². The molecular weight excluding hydrogens is 259 g/mol. The summed E-state index contributed by atoms with van der Waals surface area (Å²) in [5.74, 6) is -0.214.